The van der Waals surface area contributed by atoms with Gasteiger partial charge in [0.1, 0.15) is 5.82 Å². The van der Waals surface area contributed by atoms with Crippen molar-refractivity contribution in [1.82, 2.24) is 4.98 Å². The molecule has 0 aliphatic rings. The first-order valence-electron chi connectivity index (χ1n) is 6.70. The number of sulfonamides is 1. The quantitative estimate of drug-likeness (QED) is 0.890. The lowest BCUT2D eigenvalue weighted by molar-refractivity contribution is 0.602. The van der Waals surface area contributed by atoms with Gasteiger partial charge in [0, 0.05) is 5.69 Å². The van der Waals surface area contributed by atoms with Crippen LogP contribution in [-0.2, 0) is 10.0 Å². The average molecular weight is 305 g/mol. The molecule has 21 heavy (non-hydrogen) atoms. The Morgan fingerprint density at radius 2 is 1.76 bits per heavy atom. The number of hydrogen-bond acceptors (Lipinski definition) is 4. The van der Waals surface area contributed by atoms with Crippen LogP contribution >= 0.6 is 0 Å². The number of anilines is 3. The van der Waals surface area contributed by atoms with Crippen molar-refractivity contribution in [3.63, 3.8) is 0 Å². The lowest BCUT2D eigenvalue weighted by Gasteiger charge is -2.09. The minimum absolute atomic E-state index is 0.0373. The summed E-state index contributed by atoms with van der Waals surface area (Å²) in [5, 5.41) is 3.19. The standard InChI is InChI=1S/C15H19N3O2S/c1-4-21(19,20)18-14-7-8-15(16-10-14)17-13-6-5-11(2)12(3)9-13/h5-10,18H,4H2,1-3H3,(H,16,17). The van der Waals surface area contributed by atoms with Crippen molar-refractivity contribution >= 4 is 27.2 Å². The number of aromatic nitrogens is 1. The summed E-state index contributed by atoms with van der Waals surface area (Å²) < 4.78 is 25.4. The molecule has 2 rings (SSSR count). The Hall–Kier alpha value is -2.08. The lowest BCUT2D eigenvalue weighted by Crippen LogP contribution is -2.14. The molecule has 0 saturated carbocycles. The van der Waals surface area contributed by atoms with E-state index < -0.39 is 10.0 Å². The number of nitrogens with one attached hydrogen (secondary N) is 2. The van der Waals surface area contributed by atoms with E-state index in [1.54, 1.807) is 19.1 Å². The summed E-state index contributed by atoms with van der Waals surface area (Å²) >= 11 is 0. The Morgan fingerprint density at radius 3 is 2.33 bits per heavy atom. The maximum atomic E-state index is 11.5. The summed E-state index contributed by atoms with van der Waals surface area (Å²) in [6.45, 7) is 5.70. The van der Waals surface area contributed by atoms with Gasteiger partial charge >= 0.3 is 0 Å². The van der Waals surface area contributed by atoms with Crippen LogP contribution in [-0.4, -0.2) is 19.2 Å². The minimum Gasteiger partial charge on any atom is -0.340 e. The van der Waals surface area contributed by atoms with E-state index in [0.29, 0.717) is 11.5 Å². The molecule has 0 radical (unpaired) electrons. The van der Waals surface area contributed by atoms with Crippen LogP contribution in [0, 0.1) is 13.8 Å². The first-order chi connectivity index (χ1) is 9.89. The fourth-order valence-corrected chi connectivity index (χ4v) is 2.37. The predicted octanol–water partition coefficient (Wildman–Crippen LogP) is 3.20. The zero-order valence-electron chi connectivity index (χ0n) is 12.3. The highest BCUT2D eigenvalue weighted by atomic mass is 32.2. The highest BCUT2D eigenvalue weighted by Crippen LogP contribution is 2.19. The van der Waals surface area contributed by atoms with Crippen molar-refractivity contribution in [3.05, 3.63) is 47.7 Å². The van der Waals surface area contributed by atoms with Gasteiger partial charge in [-0.2, -0.15) is 0 Å². The summed E-state index contributed by atoms with van der Waals surface area (Å²) in [5.41, 5.74) is 3.85. The van der Waals surface area contributed by atoms with Crippen molar-refractivity contribution in [2.24, 2.45) is 0 Å². The van der Waals surface area contributed by atoms with Crippen molar-refractivity contribution in [2.45, 2.75) is 20.8 Å². The van der Waals surface area contributed by atoms with Crippen molar-refractivity contribution < 1.29 is 8.42 Å². The molecule has 6 heteroatoms. The maximum Gasteiger partial charge on any atom is 0.232 e. The number of aryl methyl sites for hydroxylation is 2. The molecule has 0 bridgehead atoms. The van der Waals surface area contributed by atoms with Crippen LogP contribution in [0.5, 0.6) is 0 Å². The van der Waals surface area contributed by atoms with Crippen LogP contribution in [0.1, 0.15) is 18.1 Å². The Bertz CT molecular complexity index is 725. The molecule has 0 fully saturated rings. The molecule has 0 unspecified atom stereocenters. The second kappa shape index (κ2) is 6.13. The molecule has 0 aliphatic carbocycles. The van der Waals surface area contributed by atoms with Crippen LogP contribution in [0.2, 0.25) is 0 Å². The Morgan fingerprint density at radius 1 is 1.05 bits per heavy atom. The lowest BCUT2D eigenvalue weighted by atomic mass is 10.1. The average Bonchev–Trinajstić information content (AvgIpc) is 2.45. The minimum atomic E-state index is -3.27. The molecule has 2 aromatic rings. The number of pyridine rings is 1. The monoisotopic (exact) mass is 305 g/mol. The fraction of sp³-hybridized carbons (Fsp3) is 0.267. The second-order valence-corrected chi connectivity index (χ2v) is 6.87. The number of benzene rings is 1. The van der Waals surface area contributed by atoms with E-state index in [4.69, 9.17) is 0 Å². The van der Waals surface area contributed by atoms with Crippen molar-refractivity contribution in [3.8, 4) is 0 Å². The molecule has 0 atom stereocenters. The van der Waals surface area contributed by atoms with E-state index in [9.17, 15) is 8.42 Å². The van der Waals surface area contributed by atoms with Gasteiger partial charge in [0.05, 0.1) is 17.6 Å². The number of nitrogens with zero attached hydrogens (tertiary/aromatic N) is 1. The number of hydrogen-bond donors (Lipinski definition) is 2. The van der Waals surface area contributed by atoms with E-state index in [2.05, 4.69) is 28.9 Å². The third-order valence-electron chi connectivity index (χ3n) is 3.20. The van der Waals surface area contributed by atoms with Gasteiger partial charge in [-0.15, -0.1) is 0 Å². The van der Waals surface area contributed by atoms with Crippen LogP contribution in [0.4, 0.5) is 17.2 Å². The molecule has 0 spiro atoms. The first kappa shape index (κ1) is 15.3. The van der Waals surface area contributed by atoms with E-state index >= 15 is 0 Å². The molecular formula is C15H19N3O2S. The van der Waals surface area contributed by atoms with Gasteiger partial charge in [0.25, 0.3) is 0 Å². The third kappa shape index (κ3) is 4.19. The van der Waals surface area contributed by atoms with Gasteiger partial charge in [0.15, 0.2) is 0 Å². The molecule has 0 saturated heterocycles. The topological polar surface area (TPSA) is 71.1 Å². The summed E-state index contributed by atoms with van der Waals surface area (Å²) in [7, 11) is -3.27. The van der Waals surface area contributed by atoms with E-state index in [-0.39, 0.29) is 5.75 Å². The van der Waals surface area contributed by atoms with Crippen molar-refractivity contribution in [2.75, 3.05) is 15.8 Å². The molecule has 1 heterocycles. The van der Waals surface area contributed by atoms with Gasteiger partial charge in [0.2, 0.25) is 10.0 Å². The molecule has 2 N–H and O–H groups in total. The SMILES string of the molecule is CCS(=O)(=O)Nc1ccc(Nc2ccc(C)c(C)c2)nc1. The molecule has 1 aromatic carbocycles. The van der Waals surface area contributed by atoms with Gasteiger partial charge in [-0.25, -0.2) is 13.4 Å². The molecule has 0 aliphatic heterocycles. The van der Waals surface area contributed by atoms with Gasteiger partial charge in [-0.1, -0.05) is 6.07 Å². The first-order valence-corrected chi connectivity index (χ1v) is 8.35. The molecule has 0 amide bonds. The zero-order chi connectivity index (χ0) is 15.5. The third-order valence-corrected chi connectivity index (χ3v) is 4.50. The van der Waals surface area contributed by atoms with Gasteiger partial charge < -0.3 is 5.32 Å². The zero-order valence-corrected chi connectivity index (χ0v) is 13.2. The summed E-state index contributed by atoms with van der Waals surface area (Å²) in [6, 6.07) is 9.50. The van der Waals surface area contributed by atoms with Crippen LogP contribution in [0.3, 0.4) is 0 Å². The molecule has 112 valence electrons. The van der Waals surface area contributed by atoms with E-state index in [1.807, 2.05) is 18.2 Å². The highest BCUT2D eigenvalue weighted by Gasteiger charge is 2.06. The highest BCUT2D eigenvalue weighted by molar-refractivity contribution is 7.92. The molecule has 1 aromatic heterocycles. The Balaban J connectivity index is 2.10. The Kier molecular flexibility index (Phi) is 4.47. The van der Waals surface area contributed by atoms with Gasteiger partial charge in [-0.3, -0.25) is 4.72 Å². The van der Waals surface area contributed by atoms with E-state index in [0.717, 1.165) is 5.69 Å². The second-order valence-electron chi connectivity index (χ2n) is 4.86. The summed E-state index contributed by atoms with van der Waals surface area (Å²) in [4.78, 5) is 4.21. The van der Waals surface area contributed by atoms with Crippen molar-refractivity contribution in [1.29, 1.82) is 0 Å². The number of rotatable bonds is 5. The van der Waals surface area contributed by atoms with Crippen LogP contribution in [0.25, 0.3) is 0 Å². The Labute approximate surface area is 125 Å². The maximum absolute atomic E-state index is 11.5. The van der Waals surface area contributed by atoms with Crippen LogP contribution < -0.4 is 10.0 Å². The van der Waals surface area contributed by atoms with Crippen LogP contribution in [0.15, 0.2) is 36.5 Å². The normalized spacial score (nSPS) is 11.2. The fourth-order valence-electron chi connectivity index (χ4n) is 1.75. The van der Waals surface area contributed by atoms with Gasteiger partial charge in [-0.05, 0) is 56.2 Å². The smallest absolute Gasteiger partial charge is 0.232 e. The predicted molar refractivity (Wildman–Crippen MR) is 86.5 cm³/mol. The molecule has 5 nitrogen and oxygen atoms in total. The molecular weight excluding hydrogens is 286 g/mol. The van der Waals surface area contributed by atoms with E-state index in [1.165, 1.54) is 17.3 Å². The summed E-state index contributed by atoms with van der Waals surface area (Å²) in [6.07, 6.45) is 1.50. The largest absolute Gasteiger partial charge is 0.340 e. The summed E-state index contributed by atoms with van der Waals surface area (Å²) in [5.74, 6) is 0.702.